The first-order chi connectivity index (χ1) is 9.93. The standard InChI is InChI=1S/C20H20/c1-2-8-15-13(5-1)11-12-17-16-9-3-6-14-7-4-10-18(19(14)16)20(15)17/h1-2,4-5,7-8,10,16-17,20H,3,6,9,11-12H2/t16-,17+,20+/m1/s1. The Morgan fingerprint density at radius 1 is 0.750 bits per heavy atom. The normalized spacial score (nSPS) is 29.5. The summed E-state index contributed by atoms with van der Waals surface area (Å²) in [6.45, 7) is 0. The van der Waals surface area contributed by atoms with E-state index in [-0.39, 0.29) is 0 Å². The highest BCUT2D eigenvalue weighted by molar-refractivity contribution is 5.53. The molecule has 0 unspecified atom stereocenters. The summed E-state index contributed by atoms with van der Waals surface area (Å²) in [7, 11) is 0. The second kappa shape index (κ2) is 3.97. The Bertz CT molecular complexity index is 682. The molecule has 0 saturated heterocycles. The SMILES string of the molecule is c1ccc2c(c1)CC[C@@H]1[C@H]2c2cccc3c2[C@@H]1CCC3. The number of fused-ring (bicyclic) bond motifs is 5. The number of aryl methyl sites for hydroxylation is 2. The molecular formula is C20H20. The summed E-state index contributed by atoms with van der Waals surface area (Å²) in [5.74, 6) is 2.42. The Hall–Kier alpha value is -1.56. The molecule has 0 aliphatic heterocycles. The largest absolute Gasteiger partial charge is 0.0620 e. The number of hydrogen-bond acceptors (Lipinski definition) is 0. The lowest BCUT2D eigenvalue weighted by Crippen LogP contribution is -2.21. The van der Waals surface area contributed by atoms with Crippen LogP contribution in [0, 0.1) is 5.92 Å². The van der Waals surface area contributed by atoms with E-state index >= 15 is 0 Å². The highest BCUT2D eigenvalue weighted by Crippen LogP contribution is 2.58. The fourth-order valence-corrected chi connectivity index (χ4v) is 5.28. The van der Waals surface area contributed by atoms with Crippen LogP contribution in [0.4, 0.5) is 0 Å². The molecule has 0 radical (unpaired) electrons. The van der Waals surface area contributed by atoms with Crippen LogP contribution in [0.1, 0.15) is 58.9 Å². The van der Waals surface area contributed by atoms with Gasteiger partial charge < -0.3 is 0 Å². The molecule has 20 heavy (non-hydrogen) atoms. The van der Waals surface area contributed by atoms with Gasteiger partial charge in [0.15, 0.2) is 0 Å². The first-order valence-electron chi connectivity index (χ1n) is 8.13. The van der Waals surface area contributed by atoms with Crippen LogP contribution in [-0.4, -0.2) is 0 Å². The van der Waals surface area contributed by atoms with Gasteiger partial charge in [0.25, 0.3) is 0 Å². The average Bonchev–Trinajstić information content (AvgIpc) is 2.85. The molecular weight excluding hydrogens is 240 g/mol. The smallest absolute Gasteiger partial charge is 0.0129 e. The predicted octanol–water partition coefficient (Wildman–Crippen LogP) is 4.81. The molecule has 2 aromatic carbocycles. The van der Waals surface area contributed by atoms with Crippen molar-refractivity contribution >= 4 is 0 Å². The molecule has 0 saturated carbocycles. The van der Waals surface area contributed by atoms with Crippen LogP contribution in [0.2, 0.25) is 0 Å². The van der Waals surface area contributed by atoms with E-state index in [9.17, 15) is 0 Å². The monoisotopic (exact) mass is 260 g/mol. The molecule has 0 aromatic heterocycles. The third-order valence-corrected chi connectivity index (χ3v) is 5.98. The van der Waals surface area contributed by atoms with Crippen LogP contribution in [0.25, 0.3) is 0 Å². The van der Waals surface area contributed by atoms with Crippen molar-refractivity contribution < 1.29 is 0 Å². The van der Waals surface area contributed by atoms with Crippen molar-refractivity contribution in [3.8, 4) is 0 Å². The zero-order chi connectivity index (χ0) is 13.1. The molecule has 0 bridgehead atoms. The number of rotatable bonds is 0. The van der Waals surface area contributed by atoms with Gasteiger partial charge in [-0.25, -0.2) is 0 Å². The van der Waals surface area contributed by atoms with Gasteiger partial charge in [0.1, 0.15) is 0 Å². The Labute approximate surface area is 120 Å². The third kappa shape index (κ3) is 1.32. The summed E-state index contributed by atoms with van der Waals surface area (Å²) in [5, 5.41) is 0. The molecule has 5 rings (SSSR count). The minimum absolute atomic E-state index is 0.693. The lowest BCUT2D eigenvalue weighted by Gasteiger charge is -2.33. The molecule has 3 aliphatic carbocycles. The number of benzene rings is 2. The maximum atomic E-state index is 2.42. The quantitative estimate of drug-likeness (QED) is 0.637. The molecule has 0 heterocycles. The van der Waals surface area contributed by atoms with Crippen molar-refractivity contribution in [3.63, 3.8) is 0 Å². The number of hydrogen-bond donors (Lipinski definition) is 0. The van der Waals surface area contributed by atoms with Gasteiger partial charge in [0.05, 0.1) is 0 Å². The summed E-state index contributed by atoms with van der Waals surface area (Å²) in [6, 6.07) is 16.3. The van der Waals surface area contributed by atoms with Crippen LogP contribution in [-0.2, 0) is 12.8 Å². The Morgan fingerprint density at radius 2 is 1.60 bits per heavy atom. The molecule has 100 valence electrons. The van der Waals surface area contributed by atoms with Crippen LogP contribution < -0.4 is 0 Å². The van der Waals surface area contributed by atoms with E-state index in [1.807, 2.05) is 0 Å². The van der Waals surface area contributed by atoms with E-state index in [0.29, 0.717) is 5.92 Å². The van der Waals surface area contributed by atoms with Crippen molar-refractivity contribution in [2.24, 2.45) is 5.92 Å². The van der Waals surface area contributed by atoms with Gasteiger partial charge in [0, 0.05) is 5.92 Å². The van der Waals surface area contributed by atoms with Gasteiger partial charge in [-0.15, -0.1) is 0 Å². The molecule has 0 amide bonds. The molecule has 0 heteroatoms. The van der Waals surface area contributed by atoms with Gasteiger partial charge in [-0.3, -0.25) is 0 Å². The summed E-state index contributed by atoms with van der Waals surface area (Å²) >= 11 is 0. The summed E-state index contributed by atoms with van der Waals surface area (Å²) in [6.07, 6.45) is 6.80. The van der Waals surface area contributed by atoms with Crippen molar-refractivity contribution in [2.75, 3.05) is 0 Å². The molecule has 0 N–H and O–H groups in total. The van der Waals surface area contributed by atoms with Crippen LogP contribution in [0.5, 0.6) is 0 Å². The minimum Gasteiger partial charge on any atom is -0.0620 e. The first-order valence-corrected chi connectivity index (χ1v) is 8.13. The van der Waals surface area contributed by atoms with E-state index < -0.39 is 0 Å². The molecule has 3 aliphatic rings. The lowest BCUT2D eigenvalue weighted by molar-refractivity contribution is 0.346. The van der Waals surface area contributed by atoms with Gasteiger partial charge in [0.2, 0.25) is 0 Å². The van der Waals surface area contributed by atoms with E-state index in [0.717, 1.165) is 11.8 Å². The second-order valence-electron chi connectivity index (χ2n) is 6.80. The van der Waals surface area contributed by atoms with E-state index in [1.165, 1.54) is 32.1 Å². The molecule has 2 aromatic rings. The molecule has 3 atom stereocenters. The molecule has 0 spiro atoms. The van der Waals surface area contributed by atoms with E-state index in [2.05, 4.69) is 42.5 Å². The maximum Gasteiger partial charge on any atom is 0.0129 e. The Kier molecular flexibility index (Phi) is 2.21. The van der Waals surface area contributed by atoms with Crippen molar-refractivity contribution in [1.29, 1.82) is 0 Å². The molecule has 0 nitrogen and oxygen atoms in total. The van der Waals surface area contributed by atoms with Crippen LogP contribution in [0.15, 0.2) is 42.5 Å². The zero-order valence-corrected chi connectivity index (χ0v) is 11.8. The van der Waals surface area contributed by atoms with Gasteiger partial charge >= 0.3 is 0 Å². The summed E-state index contributed by atoms with van der Waals surface area (Å²) < 4.78 is 0. The third-order valence-electron chi connectivity index (χ3n) is 5.98. The predicted molar refractivity (Wildman–Crippen MR) is 82.2 cm³/mol. The summed E-state index contributed by atoms with van der Waals surface area (Å²) in [5.41, 5.74) is 8.32. The second-order valence-corrected chi connectivity index (χ2v) is 6.80. The fourth-order valence-electron chi connectivity index (χ4n) is 5.28. The van der Waals surface area contributed by atoms with Gasteiger partial charge in [-0.2, -0.15) is 0 Å². The average molecular weight is 260 g/mol. The Morgan fingerprint density at radius 3 is 2.60 bits per heavy atom. The van der Waals surface area contributed by atoms with Gasteiger partial charge in [-0.1, -0.05) is 42.5 Å². The van der Waals surface area contributed by atoms with Crippen LogP contribution in [0.3, 0.4) is 0 Å². The van der Waals surface area contributed by atoms with E-state index in [1.54, 1.807) is 27.8 Å². The summed E-state index contributed by atoms with van der Waals surface area (Å²) in [4.78, 5) is 0. The van der Waals surface area contributed by atoms with Crippen molar-refractivity contribution in [2.45, 2.75) is 43.9 Å². The fraction of sp³-hybridized carbons (Fsp3) is 0.400. The zero-order valence-electron chi connectivity index (χ0n) is 11.8. The lowest BCUT2D eigenvalue weighted by atomic mass is 9.71. The Balaban J connectivity index is 1.77. The topological polar surface area (TPSA) is 0 Å². The first kappa shape index (κ1) is 11.1. The van der Waals surface area contributed by atoms with Crippen molar-refractivity contribution in [3.05, 3.63) is 70.3 Å². The van der Waals surface area contributed by atoms with Crippen molar-refractivity contribution in [1.82, 2.24) is 0 Å². The maximum absolute atomic E-state index is 2.42. The minimum atomic E-state index is 0.693. The van der Waals surface area contributed by atoms with Crippen LogP contribution >= 0.6 is 0 Å². The molecule has 0 fully saturated rings. The highest BCUT2D eigenvalue weighted by Gasteiger charge is 2.45. The van der Waals surface area contributed by atoms with E-state index in [4.69, 9.17) is 0 Å². The highest BCUT2D eigenvalue weighted by atomic mass is 14.5. The van der Waals surface area contributed by atoms with Gasteiger partial charge in [-0.05, 0) is 71.8 Å².